The van der Waals surface area contributed by atoms with Crippen LogP contribution in [0, 0.1) is 0 Å². The summed E-state index contributed by atoms with van der Waals surface area (Å²) in [6, 6.07) is 6.12. The number of anilines is 2. The second-order valence-corrected chi connectivity index (χ2v) is 6.19. The molecule has 0 bridgehead atoms. The number of carbonyl (C=O) groups is 3. The quantitative estimate of drug-likeness (QED) is 0.655. The van der Waals surface area contributed by atoms with Gasteiger partial charge < -0.3 is 20.9 Å². The molecule has 1 heterocycles. The second-order valence-electron chi connectivity index (χ2n) is 6.19. The smallest absolute Gasteiger partial charge is 0.319 e. The first-order valence-corrected chi connectivity index (χ1v) is 8.91. The molecule has 0 spiro atoms. The number of hydrogen-bond acceptors (Lipinski definition) is 3. The van der Waals surface area contributed by atoms with Gasteiger partial charge in [-0.05, 0) is 43.5 Å². The molecule has 0 saturated carbocycles. The van der Waals surface area contributed by atoms with E-state index in [2.05, 4.69) is 22.5 Å². The van der Waals surface area contributed by atoms with E-state index < -0.39 is 6.04 Å². The van der Waals surface area contributed by atoms with E-state index in [9.17, 15) is 14.4 Å². The van der Waals surface area contributed by atoms with Gasteiger partial charge in [0.1, 0.15) is 6.04 Å². The Kier molecular flexibility index (Phi) is 7.20. The van der Waals surface area contributed by atoms with Crippen molar-refractivity contribution in [3.63, 3.8) is 0 Å². The van der Waals surface area contributed by atoms with E-state index in [1.54, 1.807) is 35.2 Å². The molecule has 0 aromatic heterocycles. The first-order chi connectivity index (χ1) is 12.5. The van der Waals surface area contributed by atoms with Gasteiger partial charge in [0.05, 0.1) is 0 Å². The maximum Gasteiger partial charge on any atom is 0.319 e. The minimum atomic E-state index is -0.406. The van der Waals surface area contributed by atoms with Crippen molar-refractivity contribution in [1.29, 1.82) is 0 Å². The lowest BCUT2D eigenvalue weighted by Crippen LogP contribution is -2.43. The molecule has 140 valence electrons. The maximum absolute atomic E-state index is 12.5. The van der Waals surface area contributed by atoms with E-state index in [1.165, 1.54) is 0 Å². The van der Waals surface area contributed by atoms with Crippen LogP contribution in [-0.4, -0.2) is 41.9 Å². The van der Waals surface area contributed by atoms with Crippen LogP contribution in [0.1, 0.15) is 32.6 Å². The summed E-state index contributed by atoms with van der Waals surface area (Å²) in [5, 5.41) is 8.15. The van der Waals surface area contributed by atoms with Crippen LogP contribution in [0.4, 0.5) is 16.2 Å². The molecule has 7 nitrogen and oxygen atoms in total. The molecule has 1 saturated heterocycles. The SMILES string of the molecule is C=CCNC(=O)Nc1ccc(NC(=O)[C@H]2CCCN2C(=O)CCC)cc1. The van der Waals surface area contributed by atoms with Crippen LogP contribution < -0.4 is 16.0 Å². The molecule has 7 heteroatoms. The van der Waals surface area contributed by atoms with Crippen LogP contribution in [0.15, 0.2) is 36.9 Å². The number of nitrogens with one attached hydrogen (secondary N) is 3. The fourth-order valence-corrected chi connectivity index (χ4v) is 2.90. The summed E-state index contributed by atoms with van der Waals surface area (Å²) in [6.07, 6.45) is 4.37. The number of hydrogen-bond donors (Lipinski definition) is 3. The largest absolute Gasteiger partial charge is 0.334 e. The topological polar surface area (TPSA) is 90.5 Å². The van der Waals surface area contributed by atoms with Crippen molar-refractivity contribution in [2.75, 3.05) is 23.7 Å². The number of nitrogens with zero attached hydrogens (tertiary/aromatic N) is 1. The molecular weight excluding hydrogens is 332 g/mol. The van der Waals surface area contributed by atoms with Crippen molar-refractivity contribution in [3.05, 3.63) is 36.9 Å². The standard InChI is InChI=1S/C19H26N4O3/c1-3-6-17(24)23-13-5-7-16(23)18(25)21-14-8-10-15(11-9-14)22-19(26)20-12-4-2/h4,8-11,16H,2-3,5-7,12-13H2,1H3,(H,21,25)(H2,20,22,26)/t16-/m1/s1. The zero-order valence-corrected chi connectivity index (χ0v) is 15.1. The third kappa shape index (κ3) is 5.34. The third-order valence-electron chi connectivity index (χ3n) is 4.16. The zero-order chi connectivity index (χ0) is 18.9. The third-order valence-corrected chi connectivity index (χ3v) is 4.16. The van der Waals surface area contributed by atoms with Gasteiger partial charge in [0.25, 0.3) is 0 Å². The van der Waals surface area contributed by atoms with Crippen molar-refractivity contribution in [3.8, 4) is 0 Å². The predicted octanol–water partition coefficient (Wildman–Crippen LogP) is 2.72. The second kappa shape index (κ2) is 9.60. The normalized spacial score (nSPS) is 16.0. The Morgan fingerprint density at radius 2 is 1.85 bits per heavy atom. The van der Waals surface area contributed by atoms with Crippen molar-refractivity contribution in [2.45, 2.75) is 38.6 Å². The van der Waals surface area contributed by atoms with Gasteiger partial charge in [-0.25, -0.2) is 4.79 Å². The molecule has 1 aromatic rings. The fraction of sp³-hybridized carbons (Fsp3) is 0.421. The Balaban J connectivity index is 1.91. The number of amides is 4. The lowest BCUT2D eigenvalue weighted by atomic mass is 10.2. The summed E-state index contributed by atoms with van der Waals surface area (Å²) in [6.45, 7) is 6.51. The Bertz CT molecular complexity index is 657. The molecule has 4 amide bonds. The van der Waals surface area contributed by atoms with E-state index in [0.29, 0.717) is 37.3 Å². The summed E-state index contributed by atoms with van der Waals surface area (Å²) in [7, 11) is 0. The lowest BCUT2D eigenvalue weighted by Gasteiger charge is -2.24. The molecule has 1 aliphatic rings. The number of urea groups is 1. The highest BCUT2D eigenvalue weighted by atomic mass is 16.2. The van der Waals surface area contributed by atoms with Crippen LogP contribution in [0.2, 0.25) is 0 Å². The Labute approximate surface area is 153 Å². The molecule has 0 radical (unpaired) electrons. The molecule has 26 heavy (non-hydrogen) atoms. The molecule has 0 unspecified atom stereocenters. The maximum atomic E-state index is 12.5. The number of likely N-dealkylation sites (tertiary alicyclic amines) is 1. The minimum absolute atomic E-state index is 0.0373. The number of benzene rings is 1. The molecule has 1 aliphatic heterocycles. The number of carbonyl (C=O) groups excluding carboxylic acids is 3. The molecular formula is C19H26N4O3. The van der Waals surface area contributed by atoms with Gasteiger partial charge in [0, 0.05) is 30.9 Å². The van der Waals surface area contributed by atoms with Crippen LogP contribution >= 0.6 is 0 Å². The molecule has 0 aliphatic carbocycles. The van der Waals surface area contributed by atoms with E-state index in [-0.39, 0.29) is 17.8 Å². The van der Waals surface area contributed by atoms with Crippen LogP contribution in [0.5, 0.6) is 0 Å². The van der Waals surface area contributed by atoms with Crippen molar-refractivity contribution < 1.29 is 14.4 Å². The molecule has 2 rings (SSSR count). The lowest BCUT2D eigenvalue weighted by molar-refractivity contribution is -0.136. The van der Waals surface area contributed by atoms with Gasteiger partial charge in [0.15, 0.2) is 0 Å². The highest BCUT2D eigenvalue weighted by Gasteiger charge is 2.33. The van der Waals surface area contributed by atoms with Gasteiger partial charge in [-0.15, -0.1) is 6.58 Å². The minimum Gasteiger partial charge on any atom is -0.334 e. The van der Waals surface area contributed by atoms with E-state index >= 15 is 0 Å². The number of rotatable bonds is 7. The van der Waals surface area contributed by atoms with Gasteiger partial charge in [0.2, 0.25) is 11.8 Å². The highest BCUT2D eigenvalue weighted by molar-refractivity contribution is 5.98. The van der Waals surface area contributed by atoms with E-state index in [1.807, 2.05) is 6.92 Å². The molecule has 3 N–H and O–H groups in total. The van der Waals surface area contributed by atoms with Crippen LogP contribution in [0.3, 0.4) is 0 Å². The van der Waals surface area contributed by atoms with Crippen molar-refractivity contribution in [2.24, 2.45) is 0 Å². The van der Waals surface area contributed by atoms with Crippen LogP contribution in [-0.2, 0) is 9.59 Å². The molecule has 1 aromatic carbocycles. The summed E-state index contributed by atoms with van der Waals surface area (Å²) in [4.78, 5) is 37.9. The average Bonchev–Trinajstić information content (AvgIpc) is 3.12. The van der Waals surface area contributed by atoms with E-state index in [0.717, 1.165) is 12.8 Å². The van der Waals surface area contributed by atoms with E-state index in [4.69, 9.17) is 0 Å². The average molecular weight is 358 g/mol. The van der Waals surface area contributed by atoms with Crippen molar-refractivity contribution in [1.82, 2.24) is 10.2 Å². The van der Waals surface area contributed by atoms with Gasteiger partial charge in [-0.3, -0.25) is 9.59 Å². The fourth-order valence-electron chi connectivity index (χ4n) is 2.90. The first kappa shape index (κ1) is 19.5. The molecule has 1 fully saturated rings. The zero-order valence-electron chi connectivity index (χ0n) is 15.1. The molecule has 1 atom stereocenters. The van der Waals surface area contributed by atoms with Gasteiger partial charge >= 0.3 is 6.03 Å². The highest BCUT2D eigenvalue weighted by Crippen LogP contribution is 2.21. The Hall–Kier alpha value is -2.83. The summed E-state index contributed by atoms with van der Waals surface area (Å²) in [5.41, 5.74) is 1.24. The van der Waals surface area contributed by atoms with Gasteiger partial charge in [-0.1, -0.05) is 13.0 Å². The monoisotopic (exact) mass is 358 g/mol. The first-order valence-electron chi connectivity index (χ1n) is 8.91. The summed E-state index contributed by atoms with van der Waals surface area (Å²) in [5.74, 6) is -0.133. The Morgan fingerprint density at radius 3 is 2.46 bits per heavy atom. The van der Waals surface area contributed by atoms with Crippen LogP contribution in [0.25, 0.3) is 0 Å². The summed E-state index contributed by atoms with van der Waals surface area (Å²) < 4.78 is 0. The van der Waals surface area contributed by atoms with Crippen molar-refractivity contribution >= 4 is 29.2 Å². The summed E-state index contributed by atoms with van der Waals surface area (Å²) >= 11 is 0. The Morgan fingerprint density at radius 1 is 1.19 bits per heavy atom. The predicted molar refractivity (Wildman–Crippen MR) is 102 cm³/mol. The van der Waals surface area contributed by atoms with Gasteiger partial charge in [-0.2, -0.15) is 0 Å².